The third kappa shape index (κ3) is 1.86. The summed E-state index contributed by atoms with van der Waals surface area (Å²) in [6.45, 7) is 4.51. The van der Waals surface area contributed by atoms with Gasteiger partial charge in [-0.3, -0.25) is 0 Å². The van der Waals surface area contributed by atoms with E-state index in [2.05, 4.69) is 0 Å². The molecule has 0 saturated carbocycles. The largest absolute Gasteiger partial charge is 0.511 e. The molecule has 0 aliphatic carbocycles. The van der Waals surface area contributed by atoms with E-state index in [9.17, 15) is 14.7 Å². The van der Waals surface area contributed by atoms with Crippen molar-refractivity contribution < 1.29 is 24.2 Å². The zero-order valence-corrected chi connectivity index (χ0v) is 8.29. The van der Waals surface area contributed by atoms with E-state index in [1.54, 1.807) is 6.92 Å². The Kier molecular flexibility index (Phi) is 2.51. The lowest BCUT2D eigenvalue weighted by Crippen LogP contribution is -2.42. The van der Waals surface area contributed by atoms with Gasteiger partial charge < -0.3 is 14.6 Å². The van der Waals surface area contributed by atoms with Gasteiger partial charge in [0.25, 0.3) is 5.79 Å². The SMILES string of the molecule is CCC(O)=C1C(=O)OC(C)(C)OC1=O. The van der Waals surface area contributed by atoms with E-state index >= 15 is 0 Å². The fraction of sp³-hybridized carbons (Fsp3) is 0.556. The van der Waals surface area contributed by atoms with Crippen molar-refractivity contribution in [3.05, 3.63) is 11.3 Å². The van der Waals surface area contributed by atoms with Crippen molar-refractivity contribution in [2.24, 2.45) is 0 Å². The van der Waals surface area contributed by atoms with Gasteiger partial charge >= 0.3 is 11.9 Å². The quantitative estimate of drug-likeness (QED) is 0.296. The van der Waals surface area contributed by atoms with Gasteiger partial charge in [-0.15, -0.1) is 0 Å². The van der Waals surface area contributed by atoms with Crippen LogP contribution in [0.15, 0.2) is 11.3 Å². The topological polar surface area (TPSA) is 72.8 Å². The van der Waals surface area contributed by atoms with Crippen molar-refractivity contribution in [2.75, 3.05) is 0 Å². The van der Waals surface area contributed by atoms with Crippen molar-refractivity contribution in [1.82, 2.24) is 0 Å². The molecule has 0 atom stereocenters. The molecular formula is C9H12O5. The second-order valence-corrected chi connectivity index (χ2v) is 3.35. The number of hydrogen-bond donors (Lipinski definition) is 1. The second kappa shape index (κ2) is 3.32. The summed E-state index contributed by atoms with van der Waals surface area (Å²) in [4.78, 5) is 22.6. The van der Waals surface area contributed by atoms with E-state index in [1.807, 2.05) is 0 Å². The van der Waals surface area contributed by atoms with Crippen LogP contribution in [0.2, 0.25) is 0 Å². The minimum Gasteiger partial charge on any atom is -0.511 e. The van der Waals surface area contributed by atoms with Crippen LogP contribution in [0.4, 0.5) is 0 Å². The number of aliphatic hydroxyl groups excluding tert-OH is 1. The molecule has 1 fully saturated rings. The van der Waals surface area contributed by atoms with Gasteiger partial charge in [-0.25, -0.2) is 9.59 Å². The predicted octanol–water partition coefficient (Wildman–Crippen LogP) is 1.04. The van der Waals surface area contributed by atoms with Gasteiger partial charge in [0.15, 0.2) is 5.57 Å². The zero-order chi connectivity index (χ0) is 10.9. The predicted molar refractivity (Wildman–Crippen MR) is 46.2 cm³/mol. The molecule has 1 saturated heterocycles. The van der Waals surface area contributed by atoms with E-state index in [0.717, 1.165) is 0 Å². The summed E-state index contributed by atoms with van der Waals surface area (Å²) >= 11 is 0. The molecule has 0 amide bonds. The Morgan fingerprint density at radius 3 is 2.07 bits per heavy atom. The van der Waals surface area contributed by atoms with Crippen molar-refractivity contribution in [3.8, 4) is 0 Å². The van der Waals surface area contributed by atoms with E-state index in [-0.39, 0.29) is 12.2 Å². The first-order valence-electron chi connectivity index (χ1n) is 4.26. The zero-order valence-electron chi connectivity index (χ0n) is 8.29. The molecular weight excluding hydrogens is 188 g/mol. The third-order valence-corrected chi connectivity index (χ3v) is 1.71. The van der Waals surface area contributed by atoms with Crippen LogP contribution in [-0.2, 0) is 19.1 Å². The number of hydrogen-bond acceptors (Lipinski definition) is 5. The molecule has 1 N–H and O–H groups in total. The maximum absolute atomic E-state index is 11.3. The Hall–Kier alpha value is -1.52. The van der Waals surface area contributed by atoms with E-state index in [4.69, 9.17) is 9.47 Å². The minimum atomic E-state index is -1.26. The van der Waals surface area contributed by atoms with Gasteiger partial charge in [-0.05, 0) is 0 Å². The molecule has 0 aromatic carbocycles. The van der Waals surface area contributed by atoms with Crippen LogP contribution in [0.5, 0.6) is 0 Å². The summed E-state index contributed by atoms with van der Waals surface area (Å²) in [7, 11) is 0. The highest BCUT2D eigenvalue weighted by molar-refractivity contribution is 6.15. The van der Waals surface area contributed by atoms with E-state index in [0.29, 0.717) is 0 Å². The maximum Gasteiger partial charge on any atom is 0.352 e. The molecule has 0 spiro atoms. The molecule has 0 aromatic rings. The van der Waals surface area contributed by atoms with Gasteiger partial charge in [0, 0.05) is 20.3 Å². The summed E-state index contributed by atoms with van der Waals surface area (Å²) in [5.41, 5.74) is -0.410. The van der Waals surface area contributed by atoms with Crippen molar-refractivity contribution in [3.63, 3.8) is 0 Å². The van der Waals surface area contributed by atoms with Crippen molar-refractivity contribution in [1.29, 1.82) is 0 Å². The summed E-state index contributed by atoms with van der Waals surface area (Å²) in [5.74, 6) is -3.25. The van der Waals surface area contributed by atoms with Crippen LogP contribution in [0.1, 0.15) is 27.2 Å². The van der Waals surface area contributed by atoms with Crippen LogP contribution in [0.25, 0.3) is 0 Å². The molecule has 5 heteroatoms. The second-order valence-electron chi connectivity index (χ2n) is 3.35. The number of aliphatic hydroxyl groups is 1. The highest BCUT2D eigenvalue weighted by atomic mass is 16.7. The first kappa shape index (κ1) is 10.6. The number of esters is 2. The Morgan fingerprint density at radius 1 is 1.29 bits per heavy atom. The van der Waals surface area contributed by atoms with Crippen LogP contribution in [0.3, 0.4) is 0 Å². The molecule has 1 aliphatic heterocycles. The molecule has 14 heavy (non-hydrogen) atoms. The maximum atomic E-state index is 11.3. The smallest absolute Gasteiger partial charge is 0.352 e. The molecule has 5 nitrogen and oxygen atoms in total. The van der Waals surface area contributed by atoms with Gasteiger partial charge in [-0.1, -0.05) is 6.92 Å². The monoisotopic (exact) mass is 200 g/mol. The number of cyclic esters (lactones) is 2. The Morgan fingerprint density at radius 2 is 1.71 bits per heavy atom. The van der Waals surface area contributed by atoms with Gasteiger partial charge in [0.2, 0.25) is 0 Å². The lowest BCUT2D eigenvalue weighted by atomic mass is 10.1. The average Bonchev–Trinajstić information content (AvgIpc) is 1.99. The number of carbonyl (C=O) groups is 2. The average molecular weight is 200 g/mol. The lowest BCUT2D eigenvalue weighted by molar-refractivity contribution is -0.222. The molecule has 0 radical (unpaired) electrons. The molecule has 0 bridgehead atoms. The molecule has 1 heterocycles. The molecule has 1 aliphatic rings. The number of rotatable bonds is 1. The number of carbonyl (C=O) groups excluding carboxylic acids is 2. The fourth-order valence-corrected chi connectivity index (χ4v) is 1.07. The fourth-order valence-electron chi connectivity index (χ4n) is 1.07. The van der Waals surface area contributed by atoms with Crippen LogP contribution >= 0.6 is 0 Å². The van der Waals surface area contributed by atoms with Gasteiger partial charge in [0.05, 0.1) is 0 Å². The molecule has 0 unspecified atom stereocenters. The Balaban J connectivity index is 3.04. The molecule has 0 aromatic heterocycles. The Bertz CT molecular complexity index is 291. The van der Waals surface area contributed by atoms with Crippen LogP contribution < -0.4 is 0 Å². The number of allylic oxidation sites excluding steroid dienone is 1. The first-order chi connectivity index (χ1) is 6.37. The molecule has 78 valence electrons. The Labute approximate surface area is 81.3 Å². The number of ether oxygens (including phenoxy) is 2. The van der Waals surface area contributed by atoms with Gasteiger partial charge in [0.1, 0.15) is 5.76 Å². The molecule has 1 rings (SSSR count). The normalized spacial score (nSPS) is 20.1. The van der Waals surface area contributed by atoms with E-state index < -0.39 is 23.3 Å². The minimum absolute atomic E-state index is 0.181. The highest BCUT2D eigenvalue weighted by Gasteiger charge is 2.40. The van der Waals surface area contributed by atoms with Gasteiger partial charge in [-0.2, -0.15) is 0 Å². The first-order valence-corrected chi connectivity index (χ1v) is 4.26. The summed E-state index contributed by atoms with van der Waals surface area (Å²) < 4.78 is 9.56. The van der Waals surface area contributed by atoms with E-state index in [1.165, 1.54) is 13.8 Å². The third-order valence-electron chi connectivity index (χ3n) is 1.71. The summed E-state index contributed by atoms with van der Waals surface area (Å²) in [6, 6.07) is 0. The summed E-state index contributed by atoms with van der Waals surface area (Å²) in [6.07, 6.45) is 0.181. The van der Waals surface area contributed by atoms with Crippen LogP contribution in [-0.4, -0.2) is 22.8 Å². The van der Waals surface area contributed by atoms with Crippen molar-refractivity contribution >= 4 is 11.9 Å². The van der Waals surface area contributed by atoms with Crippen molar-refractivity contribution in [2.45, 2.75) is 33.0 Å². The summed E-state index contributed by atoms with van der Waals surface area (Å²) in [5, 5.41) is 9.27. The highest BCUT2D eigenvalue weighted by Crippen LogP contribution is 2.24. The van der Waals surface area contributed by atoms with Crippen LogP contribution in [0, 0.1) is 0 Å². The standard InChI is InChI=1S/C9H12O5/c1-4-5(10)6-7(11)13-9(2,3)14-8(6)12/h10H,4H2,1-3H3. The lowest BCUT2D eigenvalue weighted by Gasteiger charge is -2.29.